The summed E-state index contributed by atoms with van der Waals surface area (Å²) in [4.78, 5) is 0. The summed E-state index contributed by atoms with van der Waals surface area (Å²) in [5.74, 6) is 0.578. The van der Waals surface area contributed by atoms with Gasteiger partial charge in [-0.3, -0.25) is 0 Å². The highest BCUT2D eigenvalue weighted by Crippen LogP contribution is 2.07. The molecule has 0 radical (unpaired) electrons. The van der Waals surface area contributed by atoms with E-state index in [0.29, 0.717) is 5.88 Å². The number of aliphatic hydroxyl groups is 1. The monoisotopic (exact) mass is 178 g/mol. The largest absolute Gasteiger partial charge is 0.393 e. The smallest absolute Gasteiger partial charge is 0.0551 e. The minimum atomic E-state index is -0.163. The third-order valence-electron chi connectivity index (χ3n) is 1.83. The topological polar surface area (TPSA) is 20.2 Å². The summed E-state index contributed by atoms with van der Waals surface area (Å²) in [5.41, 5.74) is 0. The van der Waals surface area contributed by atoms with Crippen molar-refractivity contribution in [2.45, 2.75) is 51.6 Å². The summed E-state index contributed by atoms with van der Waals surface area (Å²) in [6.07, 6.45) is 6.44. The van der Waals surface area contributed by atoms with Gasteiger partial charge in [0.1, 0.15) is 0 Å². The highest BCUT2D eigenvalue weighted by atomic mass is 35.5. The second-order valence-electron chi connectivity index (χ2n) is 2.98. The van der Waals surface area contributed by atoms with Crippen molar-refractivity contribution < 1.29 is 5.11 Å². The molecule has 1 atom stereocenters. The molecule has 0 amide bonds. The molecule has 0 saturated carbocycles. The third-order valence-corrected chi connectivity index (χ3v) is 2.05. The summed E-state index contributed by atoms with van der Waals surface area (Å²) in [6, 6.07) is 0. The SMILES string of the molecule is CCCCCC[C@@H](O)CCCl. The molecule has 0 aromatic heterocycles. The molecule has 0 rings (SSSR count). The Morgan fingerprint density at radius 1 is 1.18 bits per heavy atom. The summed E-state index contributed by atoms with van der Waals surface area (Å²) >= 11 is 5.48. The summed E-state index contributed by atoms with van der Waals surface area (Å²) in [5, 5.41) is 9.26. The van der Waals surface area contributed by atoms with E-state index in [1.54, 1.807) is 0 Å². The van der Waals surface area contributed by atoms with Gasteiger partial charge in [-0.25, -0.2) is 0 Å². The second kappa shape index (κ2) is 8.35. The number of hydrogen-bond acceptors (Lipinski definition) is 1. The van der Waals surface area contributed by atoms with Crippen LogP contribution in [0.15, 0.2) is 0 Å². The maximum atomic E-state index is 9.26. The van der Waals surface area contributed by atoms with Crippen molar-refractivity contribution >= 4 is 11.6 Å². The zero-order valence-electron chi connectivity index (χ0n) is 7.35. The number of unbranched alkanes of at least 4 members (excludes halogenated alkanes) is 3. The van der Waals surface area contributed by atoms with Gasteiger partial charge in [0.2, 0.25) is 0 Å². The van der Waals surface area contributed by atoms with Crippen LogP contribution in [-0.2, 0) is 0 Å². The van der Waals surface area contributed by atoms with Crippen LogP contribution in [0.5, 0.6) is 0 Å². The summed E-state index contributed by atoms with van der Waals surface area (Å²) in [6.45, 7) is 2.19. The lowest BCUT2D eigenvalue weighted by Crippen LogP contribution is -2.06. The van der Waals surface area contributed by atoms with E-state index in [-0.39, 0.29) is 6.10 Å². The second-order valence-corrected chi connectivity index (χ2v) is 3.36. The minimum absolute atomic E-state index is 0.163. The molecular weight excluding hydrogens is 160 g/mol. The number of halogens is 1. The van der Waals surface area contributed by atoms with Crippen LogP contribution in [0.25, 0.3) is 0 Å². The summed E-state index contributed by atoms with van der Waals surface area (Å²) in [7, 11) is 0. The maximum absolute atomic E-state index is 9.26. The fourth-order valence-corrected chi connectivity index (χ4v) is 1.33. The Labute approximate surface area is 74.8 Å². The van der Waals surface area contributed by atoms with Gasteiger partial charge in [0, 0.05) is 5.88 Å². The van der Waals surface area contributed by atoms with Crippen LogP contribution in [0, 0.1) is 0 Å². The number of alkyl halides is 1. The first kappa shape index (κ1) is 11.2. The van der Waals surface area contributed by atoms with Gasteiger partial charge in [-0.1, -0.05) is 32.6 Å². The van der Waals surface area contributed by atoms with Gasteiger partial charge in [-0.15, -0.1) is 11.6 Å². The molecule has 0 aliphatic rings. The Morgan fingerprint density at radius 3 is 2.45 bits per heavy atom. The number of hydrogen-bond donors (Lipinski definition) is 1. The van der Waals surface area contributed by atoms with Crippen LogP contribution in [0.1, 0.15) is 45.4 Å². The van der Waals surface area contributed by atoms with Gasteiger partial charge in [0.25, 0.3) is 0 Å². The average molecular weight is 179 g/mol. The van der Waals surface area contributed by atoms with E-state index in [4.69, 9.17) is 11.6 Å². The van der Waals surface area contributed by atoms with E-state index in [9.17, 15) is 5.11 Å². The van der Waals surface area contributed by atoms with Crippen molar-refractivity contribution in [1.29, 1.82) is 0 Å². The van der Waals surface area contributed by atoms with E-state index in [0.717, 1.165) is 19.3 Å². The Kier molecular flexibility index (Phi) is 8.54. The molecule has 2 heteroatoms. The molecule has 1 nitrogen and oxygen atoms in total. The highest BCUT2D eigenvalue weighted by molar-refractivity contribution is 6.17. The molecule has 1 N–H and O–H groups in total. The fraction of sp³-hybridized carbons (Fsp3) is 1.00. The quantitative estimate of drug-likeness (QED) is 0.470. The zero-order chi connectivity index (χ0) is 8.53. The van der Waals surface area contributed by atoms with Crippen molar-refractivity contribution in [3.05, 3.63) is 0 Å². The average Bonchev–Trinajstić information content (AvgIpc) is 1.99. The third kappa shape index (κ3) is 8.15. The molecule has 0 saturated heterocycles. The first-order chi connectivity index (χ1) is 5.31. The van der Waals surface area contributed by atoms with E-state index < -0.39 is 0 Å². The molecule has 0 fully saturated rings. The predicted octanol–water partition coefficient (Wildman–Crippen LogP) is 2.95. The van der Waals surface area contributed by atoms with Crippen molar-refractivity contribution in [1.82, 2.24) is 0 Å². The van der Waals surface area contributed by atoms with Crippen molar-refractivity contribution in [2.75, 3.05) is 5.88 Å². The molecule has 0 aliphatic heterocycles. The molecule has 0 aliphatic carbocycles. The van der Waals surface area contributed by atoms with E-state index >= 15 is 0 Å². The maximum Gasteiger partial charge on any atom is 0.0551 e. The van der Waals surface area contributed by atoms with Gasteiger partial charge in [0.15, 0.2) is 0 Å². The standard InChI is InChI=1S/C9H19ClO/c1-2-3-4-5-6-9(11)7-8-10/h9,11H,2-8H2,1H3/t9-/m1/s1. The molecule has 0 aromatic carbocycles. The molecule has 0 heterocycles. The molecule has 68 valence electrons. The van der Waals surface area contributed by atoms with Crippen LogP contribution < -0.4 is 0 Å². The minimum Gasteiger partial charge on any atom is -0.393 e. The molecule has 11 heavy (non-hydrogen) atoms. The molecule has 0 unspecified atom stereocenters. The molecule has 0 bridgehead atoms. The number of rotatable bonds is 7. The van der Waals surface area contributed by atoms with Crippen LogP contribution in [0.3, 0.4) is 0 Å². The van der Waals surface area contributed by atoms with Crippen molar-refractivity contribution in [3.63, 3.8) is 0 Å². The fourth-order valence-electron chi connectivity index (χ4n) is 1.08. The lowest BCUT2D eigenvalue weighted by molar-refractivity contribution is 0.157. The van der Waals surface area contributed by atoms with Gasteiger partial charge >= 0.3 is 0 Å². The lowest BCUT2D eigenvalue weighted by atomic mass is 10.1. The first-order valence-electron chi connectivity index (χ1n) is 4.55. The van der Waals surface area contributed by atoms with Crippen LogP contribution in [0.2, 0.25) is 0 Å². The summed E-state index contributed by atoms with van der Waals surface area (Å²) < 4.78 is 0. The molecule has 0 aromatic rings. The van der Waals surface area contributed by atoms with E-state index in [1.165, 1.54) is 19.3 Å². The molecule has 0 spiro atoms. The normalized spacial score (nSPS) is 13.4. The lowest BCUT2D eigenvalue weighted by Gasteiger charge is -2.06. The van der Waals surface area contributed by atoms with Crippen molar-refractivity contribution in [2.24, 2.45) is 0 Å². The number of aliphatic hydroxyl groups excluding tert-OH is 1. The van der Waals surface area contributed by atoms with Crippen LogP contribution in [0.4, 0.5) is 0 Å². The van der Waals surface area contributed by atoms with Crippen molar-refractivity contribution in [3.8, 4) is 0 Å². The Balaban J connectivity index is 2.97. The Morgan fingerprint density at radius 2 is 1.91 bits per heavy atom. The zero-order valence-corrected chi connectivity index (χ0v) is 8.11. The van der Waals surface area contributed by atoms with Crippen LogP contribution >= 0.6 is 11.6 Å². The Bertz CT molecular complexity index is 76.0. The predicted molar refractivity (Wildman–Crippen MR) is 50.1 cm³/mol. The van der Waals surface area contributed by atoms with Gasteiger partial charge in [0.05, 0.1) is 6.10 Å². The molecular formula is C9H19ClO. The highest BCUT2D eigenvalue weighted by Gasteiger charge is 2.01. The van der Waals surface area contributed by atoms with E-state index in [2.05, 4.69) is 6.92 Å². The Hall–Kier alpha value is 0.250. The van der Waals surface area contributed by atoms with E-state index in [1.807, 2.05) is 0 Å². The first-order valence-corrected chi connectivity index (χ1v) is 5.08. The van der Waals surface area contributed by atoms with Gasteiger partial charge in [-0.05, 0) is 12.8 Å². The van der Waals surface area contributed by atoms with Gasteiger partial charge in [-0.2, -0.15) is 0 Å². The van der Waals surface area contributed by atoms with Gasteiger partial charge < -0.3 is 5.11 Å². The van der Waals surface area contributed by atoms with Crippen LogP contribution in [-0.4, -0.2) is 17.1 Å².